The molecular weight excluding hydrogens is 190 g/mol. The van der Waals surface area contributed by atoms with Crippen LogP contribution in [0.3, 0.4) is 0 Å². The van der Waals surface area contributed by atoms with E-state index in [-0.39, 0.29) is 0 Å². The summed E-state index contributed by atoms with van der Waals surface area (Å²) in [6.07, 6.45) is 2.69. The molecule has 0 aliphatic carbocycles. The Bertz CT molecular complexity index is 289. The molecule has 14 heavy (non-hydrogen) atoms. The van der Waals surface area contributed by atoms with Crippen LogP contribution in [0.25, 0.3) is 0 Å². The fraction of sp³-hybridized carbons (Fsp3) is 0.667. The highest BCUT2D eigenvalue weighted by Crippen LogP contribution is 2.34. The van der Waals surface area contributed by atoms with E-state index in [2.05, 4.69) is 31.9 Å². The zero-order valence-corrected chi connectivity index (χ0v) is 10.2. The van der Waals surface area contributed by atoms with E-state index >= 15 is 0 Å². The van der Waals surface area contributed by atoms with Gasteiger partial charge < -0.3 is 4.90 Å². The highest BCUT2D eigenvalue weighted by Gasteiger charge is 2.19. The summed E-state index contributed by atoms with van der Waals surface area (Å²) in [7, 11) is 2.22. The molecule has 2 rings (SSSR count). The Balaban J connectivity index is 2.08. The van der Waals surface area contributed by atoms with E-state index in [9.17, 15) is 0 Å². The first-order chi connectivity index (χ1) is 6.66. The van der Waals surface area contributed by atoms with E-state index < -0.39 is 0 Å². The number of piperidine rings is 1. The summed E-state index contributed by atoms with van der Waals surface area (Å²) in [6.45, 7) is 6.99. The molecule has 1 aromatic heterocycles. The van der Waals surface area contributed by atoms with Gasteiger partial charge in [-0.15, -0.1) is 11.3 Å². The first-order valence-corrected chi connectivity index (χ1v) is 6.24. The van der Waals surface area contributed by atoms with Gasteiger partial charge in [0.1, 0.15) is 0 Å². The van der Waals surface area contributed by atoms with Crippen molar-refractivity contribution in [2.24, 2.45) is 0 Å². The summed E-state index contributed by atoms with van der Waals surface area (Å²) in [5.41, 5.74) is 1.48. The van der Waals surface area contributed by atoms with Gasteiger partial charge >= 0.3 is 0 Å². The van der Waals surface area contributed by atoms with Crippen LogP contribution in [0.2, 0.25) is 0 Å². The van der Waals surface area contributed by atoms with E-state index in [1.54, 1.807) is 4.88 Å². The Labute approximate surface area is 90.7 Å². The molecule has 0 saturated carbocycles. The first kappa shape index (κ1) is 10.2. The monoisotopic (exact) mass is 209 g/mol. The predicted molar refractivity (Wildman–Crippen MR) is 63.3 cm³/mol. The number of aryl methyl sites for hydroxylation is 2. The summed E-state index contributed by atoms with van der Waals surface area (Å²) >= 11 is 2.00. The Morgan fingerprint density at radius 1 is 1.29 bits per heavy atom. The quantitative estimate of drug-likeness (QED) is 0.686. The SMILES string of the molecule is Cc1cc(C2CCN(C)CC2)sc1C. The van der Waals surface area contributed by atoms with Crippen molar-refractivity contribution < 1.29 is 0 Å². The third-order valence-electron chi connectivity index (χ3n) is 3.31. The molecule has 2 heteroatoms. The molecule has 1 fully saturated rings. The minimum atomic E-state index is 0.837. The Hall–Kier alpha value is -0.340. The van der Waals surface area contributed by atoms with Crippen LogP contribution in [0, 0.1) is 13.8 Å². The molecule has 0 unspecified atom stereocenters. The van der Waals surface area contributed by atoms with Gasteiger partial charge in [-0.1, -0.05) is 0 Å². The minimum Gasteiger partial charge on any atom is -0.306 e. The maximum atomic E-state index is 2.43. The Morgan fingerprint density at radius 3 is 2.43 bits per heavy atom. The first-order valence-electron chi connectivity index (χ1n) is 5.42. The van der Waals surface area contributed by atoms with Gasteiger partial charge in [0.05, 0.1) is 0 Å². The molecule has 1 aromatic rings. The van der Waals surface area contributed by atoms with Gasteiger partial charge in [0, 0.05) is 9.75 Å². The lowest BCUT2D eigenvalue weighted by atomic mass is 9.95. The number of hydrogen-bond acceptors (Lipinski definition) is 2. The van der Waals surface area contributed by atoms with Crippen LogP contribution >= 0.6 is 11.3 Å². The molecule has 0 N–H and O–H groups in total. The predicted octanol–water partition coefficient (Wildman–Crippen LogP) is 3.17. The molecular formula is C12H19NS. The van der Waals surface area contributed by atoms with Gasteiger partial charge in [0.2, 0.25) is 0 Å². The molecule has 0 amide bonds. The van der Waals surface area contributed by atoms with E-state index in [0.717, 1.165) is 5.92 Å². The second kappa shape index (κ2) is 4.03. The zero-order valence-electron chi connectivity index (χ0n) is 9.34. The van der Waals surface area contributed by atoms with Crippen molar-refractivity contribution in [3.63, 3.8) is 0 Å². The van der Waals surface area contributed by atoms with Crippen LogP contribution < -0.4 is 0 Å². The molecule has 2 heterocycles. The summed E-state index contributed by atoms with van der Waals surface area (Å²) in [6, 6.07) is 2.40. The van der Waals surface area contributed by atoms with Crippen molar-refractivity contribution in [2.75, 3.05) is 20.1 Å². The van der Waals surface area contributed by atoms with Gasteiger partial charge in [-0.25, -0.2) is 0 Å². The maximum Gasteiger partial charge on any atom is 0.00827 e. The van der Waals surface area contributed by atoms with Crippen molar-refractivity contribution in [1.82, 2.24) is 4.90 Å². The summed E-state index contributed by atoms with van der Waals surface area (Å²) < 4.78 is 0. The second-order valence-corrected chi connectivity index (χ2v) is 5.75. The van der Waals surface area contributed by atoms with Crippen LogP contribution in [0.5, 0.6) is 0 Å². The Kier molecular flexibility index (Phi) is 2.93. The highest BCUT2D eigenvalue weighted by atomic mass is 32.1. The molecule has 1 saturated heterocycles. The smallest absolute Gasteiger partial charge is 0.00827 e. The van der Waals surface area contributed by atoms with Gasteiger partial charge in [0.15, 0.2) is 0 Å². The molecule has 0 aromatic carbocycles. The van der Waals surface area contributed by atoms with Crippen molar-refractivity contribution >= 4 is 11.3 Å². The average Bonchev–Trinajstić information content (AvgIpc) is 2.48. The van der Waals surface area contributed by atoms with E-state index in [0.29, 0.717) is 0 Å². The number of thiophene rings is 1. The summed E-state index contributed by atoms with van der Waals surface area (Å²) in [5, 5.41) is 0. The molecule has 1 aliphatic heterocycles. The normalized spacial score (nSPS) is 20.2. The third kappa shape index (κ3) is 2.01. The van der Waals surface area contributed by atoms with Gasteiger partial charge in [-0.3, -0.25) is 0 Å². The van der Waals surface area contributed by atoms with Crippen LogP contribution in [-0.4, -0.2) is 25.0 Å². The molecule has 0 atom stereocenters. The molecule has 78 valence electrons. The minimum absolute atomic E-state index is 0.837. The van der Waals surface area contributed by atoms with Crippen molar-refractivity contribution in [1.29, 1.82) is 0 Å². The lowest BCUT2D eigenvalue weighted by Crippen LogP contribution is -2.28. The highest BCUT2D eigenvalue weighted by molar-refractivity contribution is 7.12. The topological polar surface area (TPSA) is 3.24 Å². The lowest BCUT2D eigenvalue weighted by molar-refractivity contribution is 0.257. The molecule has 1 nitrogen and oxygen atoms in total. The molecule has 0 bridgehead atoms. The third-order valence-corrected chi connectivity index (χ3v) is 4.62. The maximum absolute atomic E-state index is 2.43. The number of likely N-dealkylation sites (tertiary alicyclic amines) is 1. The zero-order chi connectivity index (χ0) is 10.1. The molecule has 0 spiro atoms. The molecule has 0 radical (unpaired) electrons. The number of nitrogens with zero attached hydrogens (tertiary/aromatic N) is 1. The Morgan fingerprint density at radius 2 is 1.93 bits per heavy atom. The molecule has 1 aliphatic rings. The van der Waals surface area contributed by atoms with Gasteiger partial charge in [0.25, 0.3) is 0 Å². The number of hydrogen-bond donors (Lipinski definition) is 0. The van der Waals surface area contributed by atoms with E-state index in [1.165, 1.54) is 36.4 Å². The second-order valence-electron chi connectivity index (χ2n) is 4.47. The van der Waals surface area contributed by atoms with Crippen LogP contribution in [0.15, 0.2) is 6.07 Å². The van der Waals surface area contributed by atoms with Crippen molar-refractivity contribution in [3.8, 4) is 0 Å². The van der Waals surface area contributed by atoms with Crippen molar-refractivity contribution in [3.05, 3.63) is 21.4 Å². The standard InChI is InChI=1S/C12H19NS/c1-9-8-12(14-10(9)2)11-4-6-13(3)7-5-11/h8,11H,4-7H2,1-3H3. The van der Waals surface area contributed by atoms with Crippen LogP contribution in [0.4, 0.5) is 0 Å². The fourth-order valence-electron chi connectivity index (χ4n) is 2.10. The lowest BCUT2D eigenvalue weighted by Gasteiger charge is -2.28. The van der Waals surface area contributed by atoms with Gasteiger partial charge in [-0.2, -0.15) is 0 Å². The van der Waals surface area contributed by atoms with Crippen LogP contribution in [-0.2, 0) is 0 Å². The fourth-order valence-corrected chi connectivity index (χ4v) is 3.31. The number of rotatable bonds is 1. The largest absolute Gasteiger partial charge is 0.306 e. The van der Waals surface area contributed by atoms with Crippen molar-refractivity contribution in [2.45, 2.75) is 32.6 Å². The summed E-state index contributed by atoms with van der Waals surface area (Å²) in [5.74, 6) is 0.837. The van der Waals surface area contributed by atoms with E-state index in [1.807, 2.05) is 11.3 Å². The summed E-state index contributed by atoms with van der Waals surface area (Å²) in [4.78, 5) is 5.55. The van der Waals surface area contributed by atoms with Gasteiger partial charge in [-0.05, 0) is 64.4 Å². The van der Waals surface area contributed by atoms with E-state index in [4.69, 9.17) is 0 Å². The average molecular weight is 209 g/mol. The van der Waals surface area contributed by atoms with Crippen LogP contribution in [0.1, 0.15) is 34.1 Å².